The van der Waals surface area contributed by atoms with Crippen LogP contribution in [0.1, 0.15) is 29.9 Å². The van der Waals surface area contributed by atoms with Gasteiger partial charge in [-0.05, 0) is 58.8 Å². The third-order valence-corrected chi connectivity index (χ3v) is 3.85. The van der Waals surface area contributed by atoms with Gasteiger partial charge in [0.15, 0.2) is 0 Å². The minimum atomic E-state index is 0.847. The highest BCUT2D eigenvalue weighted by atomic mass is 79.9. The van der Waals surface area contributed by atoms with Gasteiger partial charge in [0.2, 0.25) is 0 Å². The van der Waals surface area contributed by atoms with E-state index in [1.807, 2.05) is 0 Å². The average Bonchev–Trinajstić information content (AvgIpc) is 2.90. The lowest BCUT2D eigenvalue weighted by molar-refractivity contribution is 1.10. The van der Waals surface area contributed by atoms with E-state index in [-0.39, 0.29) is 0 Å². The fourth-order valence-corrected chi connectivity index (χ4v) is 2.69. The van der Waals surface area contributed by atoms with E-state index >= 15 is 0 Å². The largest absolute Gasteiger partial charge is 0.0828 e. The Bertz CT molecular complexity index is 367. The lowest BCUT2D eigenvalue weighted by Gasteiger charge is -2.06. The number of thioether (sulfide) groups is 1. The molecule has 1 aliphatic carbocycles. The van der Waals surface area contributed by atoms with Crippen LogP contribution >= 0.6 is 27.7 Å². The molecule has 0 atom stereocenters. The number of benzene rings is 1. The standard InChI is InChI=1S/C12H13BrS/c1-8-7-11(10-3-4-10)5-6-12(8)14-9(2)13/h5-7,10H,2-4H2,1H3. The molecule has 0 N–H and O–H groups in total. The smallest absolute Gasteiger partial charge is 0.0479 e. The SMILES string of the molecule is C=C(Br)Sc1ccc(C2CC2)cc1C. The van der Waals surface area contributed by atoms with Crippen molar-refractivity contribution < 1.29 is 0 Å². The van der Waals surface area contributed by atoms with E-state index in [4.69, 9.17) is 0 Å². The van der Waals surface area contributed by atoms with Gasteiger partial charge in [0, 0.05) is 8.71 Å². The zero-order valence-electron chi connectivity index (χ0n) is 8.22. The summed E-state index contributed by atoms with van der Waals surface area (Å²) in [5, 5.41) is 0. The summed E-state index contributed by atoms with van der Waals surface area (Å²) in [4.78, 5) is 1.30. The van der Waals surface area contributed by atoms with Crippen LogP contribution in [0.25, 0.3) is 0 Å². The third-order valence-electron chi connectivity index (χ3n) is 2.47. The average molecular weight is 269 g/mol. The molecule has 0 spiro atoms. The third kappa shape index (κ3) is 2.43. The summed E-state index contributed by atoms with van der Waals surface area (Å²) >= 11 is 5.06. The quantitative estimate of drug-likeness (QED) is 0.708. The predicted octanol–water partition coefficient (Wildman–Crippen LogP) is 4.83. The Morgan fingerprint density at radius 1 is 1.50 bits per heavy atom. The van der Waals surface area contributed by atoms with Crippen molar-refractivity contribution >= 4 is 27.7 Å². The van der Waals surface area contributed by atoms with Crippen LogP contribution in [0.4, 0.5) is 0 Å². The first-order valence-electron chi connectivity index (χ1n) is 4.79. The van der Waals surface area contributed by atoms with Crippen molar-refractivity contribution in [2.24, 2.45) is 0 Å². The first-order valence-corrected chi connectivity index (χ1v) is 6.40. The Balaban J connectivity index is 2.21. The number of hydrogen-bond acceptors (Lipinski definition) is 1. The van der Waals surface area contributed by atoms with Crippen molar-refractivity contribution in [1.29, 1.82) is 0 Å². The maximum atomic E-state index is 3.84. The molecular weight excluding hydrogens is 256 g/mol. The number of halogens is 1. The van der Waals surface area contributed by atoms with Crippen molar-refractivity contribution in [3.05, 3.63) is 39.7 Å². The first-order chi connectivity index (χ1) is 6.66. The molecule has 0 amide bonds. The summed E-state index contributed by atoms with van der Waals surface area (Å²) in [5.74, 6) is 0.847. The minimum Gasteiger partial charge on any atom is -0.0828 e. The Kier molecular flexibility index (Phi) is 3.03. The van der Waals surface area contributed by atoms with Gasteiger partial charge in [-0.25, -0.2) is 0 Å². The highest BCUT2D eigenvalue weighted by Gasteiger charge is 2.23. The van der Waals surface area contributed by atoms with Crippen LogP contribution in [0.15, 0.2) is 33.5 Å². The molecule has 0 heterocycles. The summed E-state index contributed by atoms with van der Waals surface area (Å²) in [5.41, 5.74) is 2.87. The van der Waals surface area contributed by atoms with Crippen molar-refractivity contribution in [3.63, 3.8) is 0 Å². The van der Waals surface area contributed by atoms with Crippen LogP contribution in [0.5, 0.6) is 0 Å². The molecule has 1 fully saturated rings. The number of hydrogen-bond donors (Lipinski definition) is 0. The molecule has 0 saturated heterocycles. The Morgan fingerprint density at radius 2 is 2.21 bits per heavy atom. The first kappa shape index (κ1) is 10.3. The summed E-state index contributed by atoms with van der Waals surface area (Å²) in [6.45, 7) is 6.01. The van der Waals surface area contributed by atoms with E-state index in [9.17, 15) is 0 Å². The molecule has 0 nitrogen and oxygen atoms in total. The molecule has 0 unspecified atom stereocenters. The van der Waals surface area contributed by atoms with Crippen LogP contribution in [-0.4, -0.2) is 0 Å². The Morgan fingerprint density at radius 3 is 2.71 bits per heavy atom. The molecule has 0 aliphatic heterocycles. The van der Waals surface area contributed by atoms with Crippen LogP contribution in [0, 0.1) is 6.92 Å². The monoisotopic (exact) mass is 268 g/mol. The van der Waals surface area contributed by atoms with E-state index in [0.29, 0.717) is 0 Å². The maximum absolute atomic E-state index is 3.84. The molecule has 14 heavy (non-hydrogen) atoms. The summed E-state index contributed by atoms with van der Waals surface area (Å²) in [6, 6.07) is 6.78. The Labute approximate surface area is 97.9 Å². The van der Waals surface area contributed by atoms with E-state index < -0.39 is 0 Å². The van der Waals surface area contributed by atoms with Crippen LogP contribution in [0.2, 0.25) is 0 Å². The molecule has 2 rings (SSSR count). The van der Waals surface area contributed by atoms with Crippen molar-refractivity contribution in [3.8, 4) is 0 Å². The second-order valence-corrected chi connectivity index (χ2v) is 6.38. The molecule has 2 heteroatoms. The van der Waals surface area contributed by atoms with E-state index in [1.165, 1.54) is 28.9 Å². The van der Waals surface area contributed by atoms with Gasteiger partial charge in [-0.15, -0.1) is 0 Å². The van der Waals surface area contributed by atoms with Gasteiger partial charge in [-0.1, -0.05) is 30.5 Å². The van der Waals surface area contributed by atoms with Gasteiger partial charge in [0.25, 0.3) is 0 Å². The fraction of sp³-hybridized carbons (Fsp3) is 0.333. The molecular formula is C12H13BrS. The zero-order chi connectivity index (χ0) is 10.1. The van der Waals surface area contributed by atoms with Crippen LogP contribution in [0.3, 0.4) is 0 Å². The topological polar surface area (TPSA) is 0 Å². The summed E-state index contributed by atoms with van der Waals surface area (Å²) < 4.78 is 0.972. The summed E-state index contributed by atoms with van der Waals surface area (Å²) in [7, 11) is 0. The molecule has 1 aromatic carbocycles. The fourth-order valence-electron chi connectivity index (χ4n) is 1.58. The highest BCUT2D eigenvalue weighted by Crippen LogP contribution is 2.42. The second-order valence-electron chi connectivity index (χ2n) is 3.76. The minimum absolute atomic E-state index is 0.847. The lowest BCUT2D eigenvalue weighted by Crippen LogP contribution is -1.84. The van der Waals surface area contributed by atoms with E-state index in [1.54, 1.807) is 11.8 Å². The second kappa shape index (κ2) is 4.11. The lowest BCUT2D eigenvalue weighted by atomic mass is 10.1. The molecule has 0 bridgehead atoms. The van der Waals surface area contributed by atoms with E-state index in [0.717, 1.165) is 9.73 Å². The molecule has 0 aromatic heterocycles. The van der Waals surface area contributed by atoms with Crippen molar-refractivity contribution in [1.82, 2.24) is 0 Å². The molecule has 1 aromatic rings. The van der Waals surface area contributed by atoms with Gasteiger partial charge in [0.05, 0.1) is 0 Å². The molecule has 1 saturated carbocycles. The van der Waals surface area contributed by atoms with E-state index in [2.05, 4.69) is 47.6 Å². The molecule has 0 radical (unpaired) electrons. The van der Waals surface area contributed by atoms with Crippen LogP contribution in [-0.2, 0) is 0 Å². The number of aryl methyl sites for hydroxylation is 1. The normalized spacial score (nSPS) is 15.6. The van der Waals surface area contributed by atoms with Crippen molar-refractivity contribution in [2.45, 2.75) is 30.6 Å². The van der Waals surface area contributed by atoms with Gasteiger partial charge in [-0.2, -0.15) is 0 Å². The van der Waals surface area contributed by atoms with Crippen molar-refractivity contribution in [2.75, 3.05) is 0 Å². The van der Waals surface area contributed by atoms with Gasteiger partial charge >= 0.3 is 0 Å². The van der Waals surface area contributed by atoms with Crippen LogP contribution < -0.4 is 0 Å². The van der Waals surface area contributed by atoms with Gasteiger partial charge in [0.1, 0.15) is 0 Å². The molecule has 1 aliphatic rings. The molecule has 74 valence electrons. The highest BCUT2D eigenvalue weighted by molar-refractivity contribution is 9.14. The number of rotatable bonds is 3. The zero-order valence-corrected chi connectivity index (χ0v) is 10.6. The van der Waals surface area contributed by atoms with Gasteiger partial charge in [-0.3, -0.25) is 0 Å². The predicted molar refractivity (Wildman–Crippen MR) is 67.1 cm³/mol. The maximum Gasteiger partial charge on any atom is 0.0479 e. The Hall–Kier alpha value is -0.210. The van der Waals surface area contributed by atoms with Gasteiger partial charge < -0.3 is 0 Å². The summed E-state index contributed by atoms with van der Waals surface area (Å²) in [6.07, 6.45) is 2.74.